The van der Waals surface area contributed by atoms with E-state index in [0.29, 0.717) is 5.41 Å². The third-order valence-electron chi connectivity index (χ3n) is 4.64. The Morgan fingerprint density at radius 3 is 1.86 bits per heavy atom. The molecule has 0 bridgehead atoms. The van der Waals surface area contributed by atoms with Crippen LogP contribution in [0.4, 0.5) is 0 Å². The van der Waals surface area contributed by atoms with Crippen molar-refractivity contribution in [2.75, 3.05) is 0 Å². The first kappa shape index (κ1) is 18.8. The minimum Gasteiger partial charge on any atom is -0.156 e. The summed E-state index contributed by atoms with van der Waals surface area (Å²) in [7, 11) is 5.96. The fourth-order valence-electron chi connectivity index (χ4n) is 3.11. The molecule has 2 heteroatoms. The van der Waals surface area contributed by atoms with Gasteiger partial charge in [-0.2, -0.15) is 11.3 Å². The van der Waals surface area contributed by atoms with Crippen LogP contribution in [0.1, 0.15) is 96.3 Å². The Morgan fingerprint density at radius 2 is 1.38 bits per heavy atom. The number of hydrogen-bond donors (Lipinski definition) is 0. The van der Waals surface area contributed by atoms with Gasteiger partial charge in [0.1, 0.15) is 7.85 Å². The van der Waals surface area contributed by atoms with Crippen LogP contribution in [0, 0.1) is 0 Å². The summed E-state index contributed by atoms with van der Waals surface area (Å²) in [5.74, 6) is 0. The van der Waals surface area contributed by atoms with Gasteiger partial charge < -0.3 is 0 Å². The fraction of sp³-hybridized carbons (Fsp3) is 0.789. The highest BCUT2D eigenvalue weighted by Crippen LogP contribution is 2.37. The average molecular weight is 304 g/mol. The van der Waals surface area contributed by atoms with Crippen molar-refractivity contribution < 1.29 is 0 Å². The van der Waals surface area contributed by atoms with Crippen LogP contribution in [0.2, 0.25) is 0 Å². The summed E-state index contributed by atoms with van der Waals surface area (Å²) >= 11 is 1.80. The molecule has 21 heavy (non-hydrogen) atoms. The summed E-state index contributed by atoms with van der Waals surface area (Å²) in [5, 5.41) is 0. The molecule has 0 fully saturated rings. The number of rotatable bonds is 12. The second-order valence-electron chi connectivity index (χ2n) is 6.74. The topological polar surface area (TPSA) is 0 Å². The predicted molar refractivity (Wildman–Crippen MR) is 99.2 cm³/mol. The molecule has 0 spiro atoms. The van der Waals surface area contributed by atoms with E-state index >= 15 is 0 Å². The van der Waals surface area contributed by atoms with E-state index in [-0.39, 0.29) is 0 Å². The highest BCUT2D eigenvalue weighted by atomic mass is 32.1. The molecule has 0 aliphatic carbocycles. The van der Waals surface area contributed by atoms with E-state index in [4.69, 9.17) is 7.85 Å². The molecule has 1 aromatic rings. The van der Waals surface area contributed by atoms with Crippen molar-refractivity contribution in [1.82, 2.24) is 0 Å². The molecule has 0 aromatic carbocycles. The van der Waals surface area contributed by atoms with E-state index in [0.717, 1.165) is 4.78 Å². The molecule has 1 atom stereocenters. The lowest BCUT2D eigenvalue weighted by Crippen LogP contribution is -2.20. The van der Waals surface area contributed by atoms with Crippen LogP contribution in [-0.4, -0.2) is 7.85 Å². The molecule has 0 N–H and O–H groups in total. The van der Waals surface area contributed by atoms with E-state index in [9.17, 15) is 0 Å². The quantitative estimate of drug-likeness (QED) is 0.322. The summed E-state index contributed by atoms with van der Waals surface area (Å²) in [6.45, 7) is 7.03. The first-order valence-corrected chi connectivity index (χ1v) is 9.80. The second kappa shape index (κ2) is 10.5. The molecule has 0 amide bonds. The molecule has 1 rings (SSSR count). The van der Waals surface area contributed by atoms with E-state index in [1.165, 1.54) is 75.5 Å². The van der Waals surface area contributed by atoms with Crippen molar-refractivity contribution >= 4 is 24.0 Å². The van der Waals surface area contributed by atoms with Gasteiger partial charge in [0, 0.05) is 10.3 Å². The minimum atomic E-state index is 0.349. The maximum Gasteiger partial charge on any atom is 0.128 e. The van der Waals surface area contributed by atoms with Crippen LogP contribution in [0.25, 0.3) is 0 Å². The highest BCUT2D eigenvalue weighted by Gasteiger charge is 2.26. The van der Waals surface area contributed by atoms with Crippen LogP contribution in [0.15, 0.2) is 12.1 Å². The Bertz CT molecular complexity index is 371. The molecule has 1 heterocycles. The molecule has 2 radical (unpaired) electrons. The largest absolute Gasteiger partial charge is 0.156 e. The van der Waals surface area contributed by atoms with E-state index in [2.05, 4.69) is 32.9 Å². The summed E-state index contributed by atoms with van der Waals surface area (Å²) in [4.78, 5) is 1.51. The Hall–Kier alpha value is -0.235. The van der Waals surface area contributed by atoms with Gasteiger partial charge in [-0.15, -0.1) is 0 Å². The van der Waals surface area contributed by atoms with Crippen molar-refractivity contribution in [3.05, 3.63) is 17.0 Å². The molecule has 0 saturated carbocycles. The van der Waals surface area contributed by atoms with Crippen LogP contribution >= 0.6 is 11.3 Å². The zero-order valence-electron chi connectivity index (χ0n) is 14.4. The highest BCUT2D eigenvalue weighted by molar-refractivity contribution is 7.20. The predicted octanol–water partition coefficient (Wildman–Crippen LogP) is 6.13. The monoisotopic (exact) mass is 304 g/mol. The maximum absolute atomic E-state index is 5.96. The molecule has 0 aliphatic heterocycles. The van der Waals surface area contributed by atoms with Gasteiger partial charge in [0.25, 0.3) is 0 Å². The van der Waals surface area contributed by atoms with Crippen molar-refractivity contribution in [3.63, 3.8) is 0 Å². The molecule has 0 aliphatic rings. The lowest BCUT2D eigenvalue weighted by Gasteiger charge is -2.29. The Morgan fingerprint density at radius 1 is 0.857 bits per heavy atom. The molecule has 0 saturated heterocycles. The van der Waals surface area contributed by atoms with E-state index in [1.807, 2.05) is 0 Å². The van der Waals surface area contributed by atoms with E-state index in [1.54, 1.807) is 11.3 Å². The van der Waals surface area contributed by atoms with Gasteiger partial charge in [-0.25, -0.2) is 0 Å². The number of unbranched alkanes of at least 4 members (excludes halogenated alkanes) is 7. The molecule has 1 unspecified atom stereocenters. The zero-order chi connectivity index (χ0) is 15.6. The third-order valence-corrected chi connectivity index (χ3v) is 5.86. The molecule has 1 aromatic heterocycles. The zero-order valence-corrected chi connectivity index (χ0v) is 15.2. The fourth-order valence-corrected chi connectivity index (χ4v) is 4.09. The van der Waals surface area contributed by atoms with Gasteiger partial charge in [-0.3, -0.25) is 0 Å². The summed E-state index contributed by atoms with van der Waals surface area (Å²) in [6.07, 6.45) is 14.9. The average Bonchev–Trinajstić information content (AvgIpc) is 2.91. The van der Waals surface area contributed by atoms with Gasteiger partial charge in [0.2, 0.25) is 0 Å². The van der Waals surface area contributed by atoms with Crippen LogP contribution in [0.3, 0.4) is 0 Å². The van der Waals surface area contributed by atoms with Crippen molar-refractivity contribution in [1.29, 1.82) is 0 Å². The normalized spacial score (nSPS) is 14.2. The van der Waals surface area contributed by atoms with Gasteiger partial charge >= 0.3 is 0 Å². The maximum atomic E-state index is 5.96. The van der Waals surface area contributed by atoms with Crippen molar-refractivity contribution in [2.45, 2.75) is 96.8 Å². The smallest absolute Gasteiger partial charge is 0.128 e. The lowest BCUT2D eigenvalue weighted by atomic mass is 9.78. The first-order chi connectivity index (χ1) is 10.1. The minimum absolute atomic E-state index is 0.349. The first-order valence-electron chi connectivity index (χ1n) is 8.98. The van der Waals surface area contributed by atoms with E-state index < -0.39 is 0 Å². The SMILES string of the molecule is [B]c1ccc(C(C)(CCCCCC)CCCCCCC)s1. The standard InChI is InChI=1S/C19H33BS/c1-4-6-8-10-12-16-19(3,15-11-9-7-5-2)17-13-14-18(20)21-17/h13-14H,4-12,15-16H2,1-3H3. The van der Waals surface area contributed by atoms with Gasteiger partial charge in [-0.1, -0.05) is 84.6 Å². The molecule has 118 valence electrons. The van der Waals surface area contributed by atoms with Crippen LogP contribution in [-0.2, 0) is 5.41 Å². The van der Waals surface area contributed by atoms with Crippen LogP contribution < -0.4 is 4.78 Å². The number of thiophene rings is 1. The lowest BCUT2D eigenvalue weighted by molar-refractivity contribution is 0.369. The Balaban J connectivity index is 2.52. The van der Waals surface area contributed by atoms with Crippen molar-refractivity contribution in [3.8, 4) is 0 Å². The summed E-state index contributed by atoms with van der Waals surface area (Å²) in [5.41, 5.74) is 0.349. The van der Waals surface area contributed by atoms with Crippen LogP contribution in [0.5, 0.6) is 0 Å². The van der Waals surface area contributed by atoms with Gasteiger partial charge in [-0.05, 0) is 23.7 Å². The molecule has 0 nitrogen and oxygen atoms in total. The second-order valence-corrected chi connectivity index (χ2v) is 7.85. The summed E-state index contributed by atoms with van der Waals surface area (Å²) in [6, 6.07) is 4.35. The van der Waals surface area contributed by atoms with Gasteiger partial charge in [0.15, 0.2) is 0 Å². The third kappa shape index (κ3) is 7.04. The van der Waals surface area contributed by atoms with Gasteiger partial charge in [0.05, 0.1) is 0 Å². The summed E-state index contributed by atoms with van der Waals surface area (Å²) < 4.78 is 0.968. The molecular formula is C19H33BS. The Labute approximate surface area is 138 Å². The molecular weight excluding hydrogens is 271 g/mol. The Kier molecular flexibility index (Phi) is 9.39. The van der Waals surface area contributed by atoms with Crippen molar-refractivity contribution in [2.24, 2.45) is 0 Å². The number of hydrogen-bond acceptors (Lipinski definition) is 1.